The minimum absolute atomic E-state index is 0.307. The minimum Gasteiger partial charge on any atom is -0.347 e. The quantitative estimate of drug-likeness (QED) is 0.691. The number of aromatic amines is 1. The number of nitrogens with one attached hydrogen (secondary N) is 2. The number of benzene rings is 1. The number of imidazole rings is 1. The number of hydrogen-bond donors (Lipinski definition) is 2. The van der Waals surface area contributed by atoms with Crippen LogP contribution in [-0.4, -0.2) is 23.2 Å². The van der Waals surface area contributed by atoms with Gasteiger partial charge in [0.15, 0.2) is 5.78 Å². The van der Waals surface area contributed by atoms with Crippen molar-refractivity contribution in [2.45, 2.75) is 26.2 Å². The molecule has 2 N–H and O–H groups in total. The van der Waals surface area contributed by atoms with Gasteiger partial charge in [0, 0.05) is 18.9 Å². The van der Waals surface area contributed by atoms with E-state index < -0.39 is 13.4 Å². The van der Waals surface area contributed by atoms with Crippen LogP contribution in [0.1, 0.15) is 31.0 Å². The van der Waals surface area contributed by atoms with E-state index in [4.69, 9.17) is 9.05 Å². The van der Waals surface area contributed by atoms with Crippen LogP contribution in [0.5, 0.6) is 0 Å². The molecule has 0 aliphatic carbocycles. The number of aromatic nitrogens is 2. The maximum absolute atomic E-state index is 13.1. The van der Waals surface area contributed by atoms with Gasteiger partial charge in [0.05, 0.1) is 13.2 Å². The van der Waals surface area contributed by atoms with Gasteiger partial charge in [-0.15, -0.1) is 0 Å². The van der Waals surface area contributed by atoms with E-state index in [0.29, 0.717) is 25.6 Å². The highest BCUT2D eigenvalue weighted by molar-refractivity contribution is 7.54. The van der Waals surface area contributed by atoms with Gasteiger partial charge in [0.1, 0.15) is 5.82 Å². The fourth-order valence-electron chi connectivity index (χ4n) is 2.14. The molecule has 0 fully saturated rings. The third kappa shape index (κ3) is 4.27. The highest BCUT2D eigenvalue weighted by Crippen LogP contribution is 2.58. The molecule has 0 saturated heterocycles. The van der Waals surface area contributed by atoms with Crippen molar-refractivity contribution in [3.63, 3.8) is 0 Å². The second kappa shape index (κ2) is 8.25. The van der Waals surface area contributed by atoms with Crippen LogP contribution >= 0.6 is 7.60 Å². The van der Waals surface area contributed by atoms with Gasteiger partial charge in [-0.3, -0.25) is 9.88 Å². The Morgan fingerprint density at radius 2 is 1.91 bits per heavy atom. The molecular formula is C15H22N3O3P. The first-order valence-corrected chi connectivity index (χ1v) is 8.96. The lowest BCUT2D eigenvalue weighted by molar-refractivity contribution is 0.206. The average Bonchev–Trinajstić information content (AvgIpc) is 3.03. The number of rotatable bonds is 9. The number of H-pyrrole nitrogens is 1. The molecule has 2 aromatic rings. The molecule has 0 bridgehead atoms. The maximum atomic E-state index is 13.1. The summed E-state index contributed by atoms with van der Waals surface area (Å²) in [6, 6.07) is 9.88. The van der Waals surface area contributed by atoms with Crippen molar-refractivity contribution in [1.29, 1.82) is 0 Å². The fraction of sp³-hybridized carbons (Fsp3) is 0.400. The molecule has 22 heavy (non-hydrogen) atoms. The van der Waals surface area contributed by atoms with Gasteiger partial charge in [-0.25, -0.2) is 4.98 Å². The van der Waals surface area contributed by atoms with E-state index in [1.165, 1.54) is 0 Å². The highest BCUT2D eigenvalue weighted by Gasteiger charge is 2.38. The van der Waals surface area contributed by atoms with Crippen LogP contribution in [0.3, 0.4) is 0 Å². The average molecular weight is 323 g/mol. The molecule has 0 spiro atoms. The summed E-state index contributed by atoms with van der Waals surface area (Å²) in [7, 11) is -3.36. The lowest BCUT2D eigenvalue weighted by Gasteiger charge is -2.25. The van der Waals surface area contributed by atoms with E-state index in [0.717, 1.165) is 5.56 Å². The molecule has 0 radical (unpaired) electrons. The van der Waals surface area contributed by atoms with Crippen molar-refractivity contribution in [1.82, 2.24) is 15.3 Å². The molecule has 0 amide bonds. The molecule has 1 unspecified atom stereocenters. The van der Waals surface area contributed by atoms with Gasteiger partial charge in [0.2, 0.25) is 0 Å². The van der Waals surface area contributed by atoms with Crippen LogP contribution in [0, 0.1) is 0 Å². The van der Waals surface area contributed by atoms with Gasteiger partial charge in [0.25, 0.3) is 0 Å². The van der Waals surface area contributed by atoms with E-state index >= 15 is 0 Å². The van der Waals surface area contributed by atoms with E-state index in [1.54, 1.807) is 26.2 Å². The first kappa shape index (κ1) is 16.9. The Labute approximate surface area is 130 Å². The molecule has 1 aromatic heterocycles. The number of hydrogen-bond acceptors (Lipinski definition) is 5. The van der Waals surface area contributed by atoms with Gasteiger partial charge < -0.3 is 14.0 Å². The fourth-order valence-corrected chi connectivity index (χ4v) is 3.99. The molecule has 1 atom stereocenters. The SMILES string of the molecule is CCOP(=O)(OCC)C(NCc1ccccc1)c1ncc[nH]1. The van der Waals surface area contributed by atoms with Crippen molar-refractivity contribution >= 4 is 7.60 Å². The van der Waals surface area contributed by atoms with Gasteiger partial charge >= 0.3 is 7.60 Å². The molecule has 0 saturated carbocycles. The monoisotopic (exact) mass is 323 g/mol. The van der Waals surface area contributed by atoms with Crippen molar-refractivity contribution < 1.29 is 13.6 Å². The van der Waals surface area contributed by atoms with Crippen LogP contribution in [0.2, 0.25) is 0 Å². The summed E-state index contributed by atoms with van der Waals surface area (Å²) in [6.45, 7) is 4.74. The van der Waals surface area contributed by atoms with E-state index in [1.807, 2.05) is 30.3 Å². The Balaban J connectivity index is 2.20. The van der Waals surface area contributed by atoms with Gasteiger partial charge in [-0.2, -0.15) is 0 Å². The zero-order valence-corrected chi connectivity index (χ0v) is 13.8. The molecule has 1 heterocycles. The maximum Gasteiger partial charge on any atom is 0.355 e. The van der Waals surface area contributed by atoms with Gasteiger partial charge in [-0.05, 0) is 19.4 Å². The molecule has 0 aliphatic rings. The Bertz CT molecular complexity index is 579. The second-order valence-corrected chi connectivity index (χ2v) is 6.73. The van der Waals surface area contributed by atoms with Crippen molar-refractivity contribution in [2.24, 2.45) is 0 Å². The van der Waals surface area contributed by atoms with Crippen LogP contribution in [0.25, 0.3) is 0 Å². The molecule has 7 heteroatoms. The Morgan fingerprint density at radius 1 is 1.23 bits per heavy atom. The highest BCUT2D eigenvalue weighted by atomic mass is 31.2. The lowest BCUT2D eigenvalue weighted by atomic mass is 10.2. The van der Waals surface area contributed by atoms with Crippen LogP contribution in [0.15, 0.2) is 42.7 Å². The largest absolute Gasteiger partial charge is 0.355 e. The molecule has 2 rings (SSSR count). The van der Waals surface area contributed by atoms with Crippen LogP contribution < -0.4 is 5.32 Å². The summed E-state index contributed by atoms with van der Waals surface area (Å²) in [5.74, 6) is -0.0937. The zero-order valence-electron chi connectivity index (χ0n) is 12.9. The van der Waals surface area contributed by atoms with E-state index in [9.17, 15) is 4.57 Å². The molecule has 120 valence electrons. The number of nitrogens with zero attached hydrogens (tertiary/aromatic N) is 1. The Hall–Kier alpha value is -1.46. The van der Waals surface area contributed by atoms with Crippen molar-refractivity contribution in [3.8, 4) is 0 Å². The summed E-state index contributed by atoms with van der Waals surface area (Å²) in [5.41, 5.74) is 1.08. The third-order valence-electron chi connectivity index (χ3n) is 3.06. The predicted molar refractivity (Wildman–Crippen MR) is 85.5 cm³/mol. The normalized spacial score (nSPS) is 13.2. The summed E-state index contributed by atoms with van der Waals surface area (Å²) in [5, 5.41) is 3.24. The van der Waals surface area contributed by atoms with E-state index in [2.05, 4.69) is 15.3 Å². The second-order valence-electron chi connectivity index (χ2n) is 4.62. The standard InChI is InChI=1S/C15H22N3O3P/c1-3-20-22(19,21-4-2)15(14-16-10-11-17-14)18-12-13-8-6-5-7-9-13/h5-11,15,18H,3-4,12H2,1-2H3,(H,16,17). The Kier molecular flexibility index (Phi) is 6.34. The lowest BCUT2D eigenvalue weighted by Crippen LogP contribution is -2.24. The van der Waals surface area contributed by atoms with Crippen molar-refractivity contribution in [3.05, 3.63) is 54.1 Å². The first-order chi connectivity index (χ1) is 10.7. The van der Waals surface area contributed by atoms with Crippen LogP contribution in [-0.2, 0) is 20.2 Å². The molecule has 0 aliphatic heterocycles. The molecule has 6 nitrogen and oxygen atoms in total. The summed E-state index contributed by atoms with van der Waals surface area (Å²) in [4.78, 5) is 7.20. The van der Waals surface area contributed by atoms with Gasteiger partial charge in [-0.1, -0.05) is 30.3 Å². The molecule has 1 aromatic carbocycles. The topological polar surface area (TPSA) is 76.2 Å². The minimum atomic E-state index is -3.36. The first-order valence-electron chi connectivity index (χ1n) is 7.35. The van der Waals surface area contributed by atoms with E-state index in [-0.39, 0.29) is 0 Å². The predicted octanol–water partition coefficient (Wildman–Crippen LogP) is 3.46. The third-order valence-corrected chi connectivity index (χ3v) is 5.35. The zero-order chi connectivity index (χ0) is 15.8. The summed E-state index contributed by atoms with van der Waals surface area (Å²) < 4.78 is 24.0. The van der Waals surface area contributed by atoms with Crippen LogP contribution in [0.4, 0.5) is 0 Å². The Morgan fingerprint density at radius 3 is 2.45 bits per heavy atom. The van der Waals surface area contributed by atoms with Crippen molar-refractivity contribution in [2.75, 3.05) is 13.2 Å². The molecular weight excluding hydrogens is 301 g/mol. The smallest absolute Gasteiger partial charge is 0.347 e. The summed E-state index contributed by atoms with van der Waals surface area (Å²) >= 11 is 0. The summed E-state index contributed by atoms with van der Waals surface area (Å²) in [6.07, 6.45) is 3.31.